The van der Waals surface area contributed by atoms with Gasteiger partial charge in [0.2, 0.25) is 5.89 Å². The number of aliphatic carboxylic acids is 1. The molecule has 1 N–H and O–H groups in total. The molecule has 1 aliphatic rings. The predicted molar refractivity (Wildman–Crippen MR) is 61.5 cm³/mol. The van der Waals surface area contributed by atoms with Crippen molar-refractivity contribution in [2.45, 2.75) is 27.3 Å². The maximum atomic E-state index is 11.0. The van der Waals surface area contributed by atoms with E-state index in [1.54, 1.807) is 0 Å². The number of hydrogen-bond donors (Lipinski definition) is 1. The molecule has 0 radical (unpaired) electrons. The second-order valence-electron chi connectivity index (χ2n) is 4.87. The van der Waals surface area contributed by atoms with Crippen molar-refractivity contribution in [1.29, 1.82) is 0 Å². The predicted octanol–water partition coefficient (Wildman–Crippen LogP) is 1.44. The summed E-state index contributed by atoms with van der Waals surface area (Å²) in [6, 6.07) is 0. The molecule has 1 aliphatic heterocycles. The summed E-state index contributed by atoms with van der Waals surface area (Å²) in [6.45, 7) is 7.75. The summed E-state index contributed by atoms with van der Waals surface area (Å²) in [5, 5.41) is 9.05. The van der Waals surface area contributed by atoms with Crippen LogP contribution in [0.5, 0.6) is 0 Å². The van der Waals surface area contributed by atoms with Gasteiger partial charge in [-0.25, -0.2) is 4.98 Å². The standard InChI is InChI=1S/C12H18N2O3/c1-7-4-14(5-10(7)12(15)16)6-11-13-8(2)9(3)17-11/h7,10H,4-6H2,1-3H3,(H,15,16). The van der Waals surface area contributed by atoms with E-state index in [2.05, 4.69) is 9.88 Å². The summed E-state index contributed by atoms with van der Waals surface area (Å²) in [4.78, 5) is 17.4. The first kappa shape index (κ1) is 12.1. The lowest BCUT2D eigenvalue weighted by Gasteiger charge is -2.11. The number of nitrogens with zero attached hydrogens (tertiary/aromatic N) is 2. The minimum atomic E-state index is -0.709. The Morgan fingerprint density at radius 3 is 2.71 bits per heavy atom. The van der Waals surface area contributed by atoms with E-state index in [1.165, 1.54) is 0 Å². The highest BCUT2D eigenvalue weighted by Crippen LogP contribution is 2.24. The largest absolute Gasteiger partial charge is 0.481 e. The third-order valence-electron chi connectivity index (χ3n) is 3.44. The quantitative estimate of drug-likeness (QED) is 0.863. The first-order valence-electron chi connectivity index (χ1n) is 5.85. The summed E-state index contributed by atoms with van der Waals surface area (Å²) in [5.74, 6) is 0.719. The number of carboxylic acids is 1. The molecular formula is C12H18N2O3. The summed E-state index contributed by atoms with van der Waals surface area (Å²) in [6.07, 6.45) is 0. The van der Waals surface area contributed by atoms with Gasteiger partial charge in [-0.05, 0) is 19.8 Å². The maximum absolute atomic E-state index is 11.0. The highest BCUT2D eigenvalue weighted by Gasteiger charge is 2.35. The Bertz CT molecular complexity index is 408. The first-order chi connectivity index (χ1) is 7.97. The molecule has 2 unspecified atom stereocenters. The van der Waals surface area contributed by atoms with Gasteiger partial charge in [-0.15, -0.1) is 0 Å². The molecule has 2 atom stereocenters. The zero-order chi connectivity index (χ0) is 12.6. The Morgan fingerprint density at radius 1 is 1.53 bits per heavy atom. The van der Waals surface area contributed by atoms with E-state index >= 15 is 0 Å². The topological polar surface area (TPSA) is 66.6 Å². The van der Waals surface area contributed by atoms with E-state index in [0.717, 1.165) is 18.0 Å². The Kier molecular flexibility index (Phi) is 3.19. The van der Waals surface area contributed by atoms with Crippen molar-refractivity contribution in [2.24, 2.45) is 11.8 Å². The molecule has 0 aliphatic carbocycles. The molecule has 1 saturated heterocycles. The molecule has 0 amide bonds. The Morgan fingerprint density at radius 2 is 2.24 bits per heavy atom. The number of carbonyl (C=O) groups is 1. The van der Waals surface area contributed by atoms with Gasteiger partial charge in [0, 0.05) is 13.1 Å². The van der Waals surface area contributed by atoms with Gasteiger partial charge in [0.15, 0.2) is 0 Å². The van der Waals surface area contributed by atoms with E-state index in [0.29, 0.717) is 19.0 Å². The fraction of sp³-hybridized carbons (Fsp3) is 0.667. The van der Waals surface area contributed by atoms with Crippen LogP contribution in [0.4, 0.5) is 0 Å². The van der Waals surface area contributed by atoms with Gasteiger partial charge in [0.25, 0.3) is 0 Å². The minimum Gasteiger partial charge on any atom is -0.481 e. The average molecular weight is 238 g/mol. The molecule has 5 heteroatoms. The van der Waals surface area contributed by atoms with Gasteiger partial charge >= 0.3 is 5.97 Å². The summed E-state index contributed by atoms with van der Waals surface area (Å²) >= 11 is 0. The third-order valence-corrected chi connectivity index (χ3v) is 3.44. The number of aromatic nitrogens is 1. The van der Waals surface area contributed by atoms with Crippen LogP contribution in [0.25, 0.3) is 0 Å². The lowest BCUT2D eigenvalue weighted by molar-refractivity contribution is -0.142. The molecule has 94 valence electrons. The molecule has 1 aromatic rings. The van der Waals surface area contributed by atoms with Crippen molar-refractivity contribution >= 4 is 5.97 Å². The van der Waals surface area contributed by atoms with Crippen LogP contribution in [0.2, 0.25) is 0 Å². The third kappa shape index (κ3) is 2.49. The van der Waals surface area contributed by atoms with E-state index in [9.17, 15) is 4.79 Å². The SMILES string of the molecule is Cc1nc(CN2CC(C)C(C(=O)O)C2)oc1C. The second-order valence-corrected chi connectivity index (χ2v) is 4.87. The van der Waals surface area contributed by atoms with Gasteiger partial charge in [0.05, 0.1) is 18.2 Å². The molecule has 5 nitrogen and oxygen atoms in total. The second kappa shape index (κ2) is 4.49. The van der Waals surface area contributed by atoms with Gasteiger partial charge in [0.1, 0.15) is 5.76 Å². The van der Waals surface area contributed by atoms with Crippen molar-refractivity contribution in [2.75, 3.05) is 13.1 Å². The molecule has 0 saturated carbocycles. The zero-order valence-corrected chi connectivity index (χ0v) is 10.4. The van der Waals surface area contributed by atoms with Gasteiger partial charge in [-0.2, -0.15) is 0 Å². The number of oxazole rings is 1. The molecule has 1 aromatic heterocycles. The smallest absolute Gasteiger partial charge is 0.308 e. The molecule has 0 spiro atoms. The molecule has 0 aromatic carbocycles. The fourth-order valence-corrected chi connectivity index (χ4v) is 2.32. The van der Waals surface area contributed by atoms with Crippen LogP contribution in [0.15, 0.2) is 4.42 Å². The lowest BCUT2D eigenvalue weighted by Crippen LogP contribution is -2.23. The molecule has 0 bridgehead atoms. The van der Waals surface area contributed by atoms with Crippen molar-refractivity contribution in [3.8, 4) is 0 Å². The highest BCUT2D eigenvalue weighted by atomic mass is 16.4. The van der Waals surface area contributed by atoms with Gasteiger partial charge in [-0.1, -0.05) is 6.92 Å². The number of likely N-dealkylation sites (tertiary alicyclic amines) is 1. The maximum Gasteiger partial charge on any atom is 0.308 e. The van der Waals surface area contributed by atoms with Crippen LogP contribution >= 0.6 is 0 Å². The van der Waals surface area contributed by atoms with Crippen LogP contribution in [0.1, 0.15) is 24.3 Å². The van der Waals surface area contributed by atoms with Crippen molar-refractivity contribution in [3.05, 3.63) is 17.3 Å². The van der Waals surface area contributed by atoms with Crippen LogP contribution < -0.4 is 0 Å². The van der Waals surface area contributed by atoms with E-state index in [1.807, 2.05) is 20.8 Å². The number of hydrogen-bond acceptors (Lipinski definition) is 4. The first-order valence-corrected chi connectivity index (χ1v) is 5.85. The lowest BCUT2D eigenvalue weighted by atomic mass is 9.99. The van der Waals surface area contributed by atoms with Crippen molar-refractivity contribution in [1.82, 2.24) is 9.88 Å². The van der Waals surface area contributed by atoms with E-state index < -0.39 is 5.97 Å². The minimum absolute atomic E-state index is 0.185. The Labute approximate surface area is 100 Å². The van der Waals surface area contributed by atoms with E-state index in [4.69, 9.17) is 9.52 Å². The van der Waals surface area contributed by atoms with Crippen molar-refractivity contribution < 1.29 is 14.3 Å². The number of carboxylic acid groups (broad SMARTS) is 1. The van der Waals surface area contributed by atoms with Crippen LogP contribution in [-0.4, -0.2) is 34.0 Å². The summed E-state index contributed by atoms with van der Waals surface area (Å²) in [7, 11) is 0. The van der Waals surface area contributed by atoms with E-state index in [-0.39, 0.29) is 11.8 Å². The van der Waals surface area contributed by atoms with Gasteiger partial charge in [-0.3, -0.25) is 9.69 Å². The Balaban J connectivity index is 2.00. The normalized spacial score (nSPS) is 25.4. The summed E-state index contributed by atoms with van der Waals surface area (Å²) in [5.41, 5.74) is 0.905. The Hall–Kier alpha value is -1.36. The van der Waals surface area contributed by atoms with Gasteiger partial charge < -0.3 is 9.52 Å². The number of aryl methyl sites for hydroxylation is 2. The van der Waals surface area contributed by atoms with Crippen molar-refractivity contribution in [3.63, 3.8) is 0 Å². The molecule has 1 fully saturated rings. The molecule has 2 rings (SSSR count). The fourth-order valence-electron chi connectivity index (χ4n) is 2.32. The summed E-state index contributed by atoms with van der Waals surface area (Å²) < 4.78 is 5.51. The molecule has 2 heterocycles. The zero-order valence-electron chi connectivity index (χ0n) is 10.4. The monoisotopic (exact) mass is 238 g/mol. The number of rotatable bonds is 3. The van der Waals surface area contributed by atoms with Crippen LogP contribution in [-0.2, 0) is 11.3 Å². The molecule has 17 heavy (non-hydrogen) atoms. The van der Waals surface area contributed by atoms with Crippen LogP contribution in [0.3, 0.4) is 0 Å². The van der Waals surface area contributed by atoms with Crippen LogP contribution in [0, 0.1) is 25.7 Å². The molecular weight excluding hydrogens is 220 g/mol. The average Bonchev–Trinajstić information content (AvgIpc) is 2.72. The highest BCUT2D eigenvalue weighted by molar-refractivity contribution is 5.71.